The average molecular weight is 412 g/mol. The highest BCUT2D eigenvalue weighted by Crippen LogP contribution is 2.35. The van der Waals surface area contributed by atoms with Crippen LogP contribution in [0, 0.1) is 11.3 Å². The van der Waals surface area contributed by atoms with E-state index in [0.29, 0.717) is 47.5 Å². The predicted octanol–water partition coefficient (Wildman–Crippen LogP) is 5.44. The quantitative estimate of drug-likeness (QED) is 0.321. The number of carboxylic acid groups (broad SMARTS) is 1. The summed E-state index contributed by atoms with van der Waals surface area (Å²) in [6.07, 6.45) is 1.05. The molecule has 0 radical (unpaired) electrons. The van der Waals surface area contributed by atoms with Crippen molar-refractivity contribution in [1.29, 1.82) is 5.26 Å². The van der Waals surface area contributed by atoms with E-state index in [-0.39, 0.29) is 5.56 Å². The first-order valence-corrected chi connectivity index (χ1v) is 9.86. The number of methoxy groups -OCH3 is 1. The Hall–Kier alpha value is -4.11. The fraction of sp³-hybridized carbons (Fsp3) is 0.160. The van der Waals surface area contributed by atoms with Gasteiger partial charge in [-0.25, -0.2) is 9.78 Å². The van der Waals surface area contributed by atoms with Crippen LogP contribution in [0.4, 0.5) is 0 Å². The third-order valence-electron chi connectivity index (χ3n) is 5.08. The minimum Gasteiger partial charge on any atom is -0.493 e. The lowest BCUT2D eigenvalue weighted by Gasteiger charge is -2.13. The molecule has 0 saturated heterocycles. The van der Waals surface area contributed by atoms with Crippen molar-refractivity contribution in [1.82, 2.24) is 4.98 Å². The average Bonchev–Trinajstić information content (AvgIpc) is 2.80. The molecule has 1 aromatic heterocycles. The molecule has 0 saturated carbocycles. The molecule has 0 unspecified atom stereocenters. The predicted molar refractivity (Wildman–Crippen MR) is 119 cm³/mol. The summed E-state index contributed by atoms with van der Waals surface area (Å²) < 4.78 is 11.2. The molecule has 0 aliphatic rings. The molecule has 154 valence electrons. The summed E-state index contributed by atoms with van der Waals surface area (Å²) in [4.78, 5) is 16.8. The molecule has 6 heteroatoms. The standard InChI is InChI=1S/C25H20N2O4/c1-30-23-14-17(9-11-22(23)31-13-5-4-12-26)21-15-19(25(28)29)24-18-7-3-2-6-16(18)8-10-20(24)27-21/h2-3,6-11,14-15H,4-5,13H2,1H3,(H,28,29). The van der Waals surface area contributed by atoms with E-state index < -0.39 is 5.97 Å². The van der Waals surface area contributed by atoms with Crippen molar-refractivity contribution >= 4 is 27.6 Å². The molecule has 6 nitrogen and oxygen atoms in total. The SMILES string of the molecule is COc1cc(-c2cc(C(=O)O)c3c(ccc4ccccc43)n2)ccc1OCCCC#N. The molecule has 0 atom stereocenters. The van der Waals surface area contributed by atoms with Gasteiger partial charge in [0.15, 0.2) is 11.5 Å². The van der Waals surface area contributed by atoms with Gasteiger partial charge in [-0.2, -0.15) is 5.26 Å². The lowest BCUT2D eigenvalue weighted by molar-refractivity contribution is 0.0699. The van der Waals surface area contributed by atoms with Gasteiger partial charge >= 0.3 is 5.97 Å². The number of unbranched alkanes of at least 4 members (excludes halogenated alkanes) is 1. The number of nitriles is 1. The Morgan fingerprint density at radius 1 is 1.10 bits per heavy atom. The molecule has 0 amide bonds. The van der Waals surface area contributed by atoms with Crippen molar-refractivity contribution in [3.8, 4) is 28.8 Å². The Morgan fingerprint density at radius 2 is 1.94 bits per heavy atom. The molecule has 31 heavy (non-hydrogen) atoms. The summed E-state index contributed by atoms with van der Waals surface area (Å²) in [5.41, 5.74) is 2.07. The maximum absolute atomic E-state index is 12.1. The molecule has 0 aliphatic carbocycles. The van der Waals surface area contributed by atoms with E-state index in [4.69, 9.17) is 19.7 Å². The van der Waals surface area contributed by atoms with Crippen LogP contribution in [0.5, 0.6) is 11.5 Å². The van der Waals surface area contributed by atoms with Crippen LogP contribution < -0.4 is 9.47 Å². The monoisotopic (exact) mass is 412 g/mol. The molecule has 4 aromatic rings. The van der Waals surface area contributed by atoms with Crippen LogP contribution in [-0.2, 0) is 0 Å². The largest absolute Gasteiger partial charge is 0.493 e. The first kappa shape index (κ1) is 20.2. The number of hydrogen-bond donors (Lipinski definition) is 1. The van der Waals surface area contributed by atoms with Gasteiger partial charge in [0.05, 0.1) is 36.6 Å². The molecular weight excluding hydrogens is 392 g/mol. The van der Waals surface area contributed by atoms with Gasteiger partial charge in [-0.05, 0) is 47.5 Å². The van der Waals surface area contributed by atoms with Crippen molar-refractivity contribution < 1.29 is 19.4 Å². The topological polar surface area (TPSA) is 92.4 Å². The lowest BCUT2D eigenvalue weighted by Crippen LogP contribution is -2.02. The normalized spacial score (nSPS) is 10.7. The molecule has 4 rings (SSSR count). The summed E-state index contributed by atoms with van der Waals surface area (Å²) >= 11 is 0. The highest BCUT2D eigenvalue weighted by atomic mass is 16.5. The Balaban J connectivity index is 1.80. The molecule has 0 spiro atoms. The first-order chi connectivity index (χ1) is 15.1. The number of ether oxygens (including phenoxy) is 2. The zero-order valence-corrected chi connectivity index (χ0v) is 17.0. The maximum Gasteiger partial charge on any atom is 0.336 e. The number of carboxylic acids is 1. The van der Waals surface area contributed by atoms with Crippen LogP contribution in [0.3, 0.4) is 0 Å². The molecule has 0 fully saturated rings. The van der Waals surface area contributed by atoms with Gasteiger partial charge in [-0.1, -0.05) is 30.3 Å². The third-order valence-corrected chi connectivity index (χ3v) is 5.08. The molecular formula is C25H20N2O4. The van der Waals surface area contributed by atoms with E-state index >= 15 is 0 Å². The Bertz CT molecular complexity index is 1320. The van der Waals surface area contributed by atoms with E-state index in [0.717, 1.165) is 16.3 Å². The van der Waals surface area contributed by atoms with Crippen LogP contribution >= 0.6 is 0 Å². The van der Waals surface area contributed by atoms with Gasteiger partial charge in [0.1, 0.15) is 0 Å². The number of pyridine rings is 1. The van der Waals surface area contributed by atoms with Crippen LogP contribution in [0.1, 0.15) is 23.2 Å². The fourth-order valence-corrected chi connectivity index (χ4v) is 3.60. The maximum atomic E-state index is 12.1. The van der Waals surface area contributed by atoms with E-state index in [9.17, 15) is 9.90 Å². The van der Waals surface area contributed by atoms with Crippen molar-refractivity contribution in [2.75, 3.05) is 13.7 Å². The summed E-state index contributed by atoms with van der Waals surface area (Å²) in [5.74, 6) is 0.0792. The molecule has 0 aliphatic heterocycles. The van der Waals surface area contributed by atoms with Gasteiger partial charge in [-0.15, -0.1) is 0 Å². The number of hydrogen-bond acceptors (Lipinski definition) is 5. The number of aromatic nitrogens is 1. The van der Waals surface area contributed by atoms with Gasteiger partial charge in [-0.3, -0.25) is 0 Å². The number of rotatable bonds is 7. The van der Waals surface area contributed by atoms with Crippen LogP contribution in [-0.4, -0.2) is 29.8 Å². The summed E-state index contributed by atoms with van der Waals surface area (Å²) in [6.45, 7) is 0.410. The minimum atomic E-state index is -1.01. The fourth-order valence-electron chi connectivity index (χ4n) is 3.60. The van der Waals surface area contributed by atoms with E-state index in [1.165, 1.54) is 0 Å². The summed E-state index contributed by atoms with van der Waals surface area (Å²) in [5, 5.41) is 21.0. The number of fused-ring (bicyclic) bond motifs is 3. The van der Waals surface area contributed by atoms with Crippen LogP contribution in [0.25, 0.3) is 32.9 Å². The van der Waals surface area contributed by atoms with Crippen molar-refractivity contribution in [3.05, 3.63) is 66.2 Å². The third kappa shape index (κ3) is 3.99. The second-order valence-corrected chi connectivity index (χ2v) is 7.02. The minimum absolute atomic E-state index is 0.201. The number of nitrogens with zero attached hydrogens (tertiary/aromatic N) is 2. The van der Waals surface area contributed by atoms with Crippen molar-refractivity contribution in [2.45, 2.75) is 12.8 Å². The second-order valence-electron chi connectivity index (χ2n) is 7.02. The Labute approximate surface area is 179 Å². The van der Waals surface area contributed by atoms with Gasteiger partial charge in [0, 0.05) is 17.4 Å². The lowest BCUT2D eigenvalue weighted by atomic mass is 9.98. The Morgan fingerprint density at radius 3 is 2.71 bits per heavy atom. The Kier molecular flexibility index (Phi) is 5.67. The zero-order valence-electron chi connectivity index (χ0n) is 17.0. The smallest absolute Gasteiger partial charge is 0.336 e. The molecule has 1 N–H and O–H groups in total. The van der Waals surface area contributed by atoms with Gasteiger partial charge in [0.2, 0.25) is 0 Å². The molecule has 0 bridgehead atoms. The van der Waals surface area contributed by atoms with Crippen molar-refractivity contribution in [3.63, 3.8) is 0 Å². The summed E-state index contributed by atoms with van der Waals surface area (Å²) in [7, 11) is 1.55. The van der Waals surface area contributed by atoms with Crippen molar-refractivity contribution in [2.24, 2.45) is 0 Å². The number of aromatic carboxylic acids is 1. The zero-order chi connectivity index (χ0) is 21.8. The highest BCUT2D eigenvalue weighted by Gasteiger charge is 2.16. The first-order valence-electron chi connectivity index (χ1n) is 9.86. The van der Waals surface area contributed by atoms with E-state index in [1.54, 1.807) is 25.3 Å². The highest BCUT2D eigenvalue weighted by molar-refractivity contribution is 6.15. The second kappa shape index (κ2) is 8.72. The molecule has 1 heterocycles. The van der Waals surface area contributed by atoms with Gasteiger partial charge < -0.3 is 14.6 Å². The van der Waals surface area contributed by atoms with E-state index in [1.807, 2.05) is 42.5 Å². The molecule has 3 aromatic carbocycles. The van der Waals surface area contributed by atoms with Crippen LogP contribution in [0.15, 0.2) is 60.7 Å². The van der Waals surface area contributed by atoms with E-state index in [2.05, 4.69) is 6.07 Å². The number of benzene rings is 3. The number of carbonyl (C=O) groups is 1. The van der Waals surface area contributed by atoms with Crippen LogP contribution in [0.2, 0.25) is 0 Å². The van der Waals surface area contributed by atoms with Gasteiger partial charge in [0.25, 0.3) is 0 Å². The summed E-state index contributed by atoms with van der Waals surface area (Å²) in [6, 6.07) is 20.5.